The predicted molar refractivity (Wildman–Crippen MR) is 87.7 cm³/mol. The lowest BCUT2D eigenvalue weighted by Crippen LogP contribution is -2.23. The molecule has 0 unspecified atom stereocenters. The normalized spacial score (nSPS) is 21.5. The molecule has 24 heavy (non-hydrogen) atoms. The first kappa shape index (κ1) is 16.9. The first-order valence-corrected chi connectivity index (χ1v) is 8.37. The summed E-state index contributed by atoms with van der Waals surface area (Å²) in [4.78, 5) is 0. The van der Waals surface area contributed by atoms with Gasteiger partial charge in [0.05, 0.1) is 5.56 Å². The summed E-state index contributed by atoms with van der Waals surface area (Å²) >= 11 is 0. The Balaban J connectivity index is 1.79. The van der Waals surface area contributed by atoms with Crippen molar-refractivity contribution in [3.8, 4) is 5.75 Å². The van der Waals surface area contributed by atoms with Crippen LogP contribution < -0.4 is 4.74 Å². The molecule has 2 aromatic rings. The molecule has 0 spiro atoms. The fraction of sp³-hybridized carbons (Fsp3) is 0.400. The standard InChI is InChI=1S/C20H21F3O/c1-14-7-9-15(10-8-14)16-11-12-18(19(21)13-16)20(22,23)24-17-5-3-2-4-6-17/h2-6,11-15H,7-10H2,1H3. The minimum Gasteiger partial charge on any atom is -0.429 e. The molecule has 1 aliphatic carbocycles. The highest BCUT2D eigenvalue weighted by Gasteiger charge is 2.38. The summed E-state index contributed by atoms with van der Waals surface area (Å²) < 4.78 is 47.5. The van der Waals surface area contributed by atoms with E-state index in [1.165, 1.54) is 18.2 Å². The quantitative estimate of drug-likeness (QED) is 0.642. The van der Waals surface area contributed by atoms with E-state index in [0.29, 0.717) is 5.92 Å². The van der Waals surface area contributed by atoms with Crippen LogP contribution in [0.1, 0.15) is 49.7 Å². The van der Waals surface area contributed by atoms with E-state index in [1.54, 1.807) is 24.3 Å². The average molecular weight is 334 g/mol. The Morgan fingerprint density at radius 3 is 2.25 bits per heavy atom. The Hall–Kier alpha value is -1.97. The molecular formula is C20H21F3O. The summed E-state index contributed by atoms with van der Waals surface area (Å²) in [5, 5.41) is 0. The molecule has 1 aliphatic rings. The molecule has 1 nitrogen and oxygen atoms in total. The molecule has 3 rings (SSSR count). The zero-order valence-electron chi connectivity index (χ0n) is 13.6. The number of hydrogen-bond acceptors (Lipinski definition) is 1. The highest BCUT2D eigenvalue weighted by Crippen LogP contribution is 2.38. The van der Waals surface area contributed by atoms with Gasteiger partial charge in [-0.2, -0.15) is 8.78 Å². The molecule has 0 heterocycles. The van der Waals surface area contributed by atoms with Crippen LogP contribution in [0, 0.1) is 11.7 Å². The first-order chi connectivity index (χ1) is 11.5. The van der Waals surface area contributed by atoms with E-state index in [-0.39, 0.29) is 11.7 Å². The van der Waals surface area contributed by atoms with E-state index >= 15 is 0 Å². The van der Waals surface area contributed by atoms with Crippen LogP contribution in [-0.4, -0.2) is 0 Å². The number of para-hydroxylation sites is 1. The molecule has 0 saturated heterocycles. The summed E-state index contributed by atoms with van der Waals surface area (Å²) in [6.45, 7) is 2.21. The SMILES string of the molecule is CC1CCC(c2ccc(C(F)(F)Oc3ccccc3)c(F)c2)CC1. The molecule has 0 aromatic heterocycles. The smallest absolute Gasteiger partial charge is 0.429 e. The van der Waals surface area contributed by atoms with Gasteiger partial charge in [-0.05, 0) is 54.5 Å². The van der Waals surface area contributed by atoms with Crippen molar-refractivity contribution >= 4 is 0 Å². The predicted octanol–water partition coefficient (Wildman–Crippen LogP) is 6.25. The van der Waals surface area contributed by atoms with Gasteiger partial charge >= 0.3 is 6.11 Å². The van der Waals surface area contributed by atoms with Gasteiger partial charge in [-0.3, -0.25) is 0 Å². The number of rotatable bonds is 4. The minimum absolute atomic E-state index is 0.00671. The van der Waals surface area contributed by atoms with Gasteiger partial charge in [0.1, 0.15) is 11.6 Å². The summed E-state index contributed by atoms with van der Waals surface area (Å²) in [5.41, 5.74) is 0.0814. The largest absolute Gasteiger partial charge is 0.429 e. The zero-order chi connectivity index (χ0) is 17.2. The molecule has 0 atom stereocenters. The maximum absolute atomic E-state index is 14.3. The van der Waals surface area contributed by atoms with Gasteiger partial charge in [-0.1, -0.05) is 44.0 Å². The highest BCUT2D eigenvalue weighted by molar-refractivity contribution is 5.31. The molecule has 128 valence electrons. The lowest BCUT2D eigenvalue weighted by atomic mass is 9.79. The van der Waals surface area contributed by atoms with Crippen molar-refractivity contribution in [2.24, 2.45) is 5.92 Å². The Labute approximate surface area is 140 Å². The van der Waals surface area contributed by atoms with Crippen molar-refractivity contribution in [1.82, 2.24) is 0 Å². The number of alkyl halides is 2. The van der Waals surface area contributed by atoms with Gasteiger partial charge in [-0.25, -0.2) is 4.39 Å². The number of hydrogen-bond donors (Lipinski definition) is 0. The highest BCUT2D eigenvalue weighted by atomic mass is 19.3. The summed E-state index contributed by atoms with van der Waals surface area (Å²) in [5.74, 6) is 0.0432. The molecule has 0 bridgehead atoms. The maximum atomic E-state index is 14.3. The van der Waals surface area contributed by atoms with Crippen molar-refractivity contribution in [2.45, 2.75) is 44.6 Å². The van der Waals surface area contributed by atoms with Crippen LogP contribution in [0.4, 0.5) is 13.2 Å². The van der Waals surface area contributed by atoms with Crippen LogP contribution in [0.5, 0.6) is 5.75 Å². The van der Waals surface area contributed by atoms with E-state index in [2.05, 4.69) is 6.92 Å². The lowest BCUT2D eigenvalue weighted by molar-refractivity contribution is -0.187. The third-order valence-electron chi connectivity index (χ3n) is 4.78. The Morgan fingerprint density at radius 1 is 0.958 bits per heavy atom. The zero-order valence-corrected chi connectivity index (χ0v) is 13.6. The minimum atomic E-state index is -3.70. The number of benzene rings is 2. The van der Waals surface area contributed by atoms with Crippen molar-refractivity contribution < 1.29 is 17.9 Å². The van der Waals surface area contributed by atoms with Gasteiger partial charge in [0.25, 0.3) is 0 Å². The second-order valence-corrected chi connectivity index (χ2v) is 6.63. The molecular weight excluding hydrogens is 313 g/mol. The van der Waals surface area contributed by atoms with E-state index in [9.17, 15) is 13.2 Å². The van der Waals surface area contributed by atoms with E-state index in [4.69, 9.17) is 4.74 Å². The summed E-state index contributed by atoms with van der Waals surface area (Å²) in [7, 11) is 0. The molecule has 0 amide bonds. The van der Waals surface area contributed by atoms with Crippen molar-refractivity contribution in [1.29, 1.82) is 0 Å². The van der Waals surface area contributed by atoms with Gasteiger partial charge in [0.2, 0.25) is 0 Å². The van der Waals surface area contributed by atoms with Crippen LogP contribution in [0.2, 0.25) is 0 Å². The third kappa shape index (κ3) is 3.74. The van der Waals surface area contributed by atoms with Crippen molar-refractivity contribution in [3.63, 3.8) is 0 Å². The van der Waals surface area contributed by atoms with Gasteiger partial charge < -0.3 is 4.74 Å². The molecule has 4 heteroatoms. The fourth-order valence-electron chi connectivity index (χ4n) is 3.31. The molecule has 2 aromatic carbocycles. The number of ether oxygens (including phenoxy) is 1. The summed E-state index contributed by atoms with van der Waals surface area (Å²) in [6, 6.07) is 11.7. The molecule has 1 saturated carbocycles. The Bertz CT molecular complexity index is 677. The van der Waals surface area contributed by atoms with Crippen LogP contribution in [-0.2, 0) is 6.11 Å². The van der Waals surface area contributed by atoms with Crippen LogP contribution in [0.3, 0.4) is 0 Å². The van der Waals surface area contributed by atoms with Gasteiger partial charge in [-0.15, -0.1) is 0 Å². The average Bonchev–Trinajstić information content (AvgIpc) is 2.55. The van der Waals surface area contributed by atoms with Crippen LogP contribution in [0.15, 0.2) is 48.5 Å². The maximum Gasteiger partial charge on any atom is 0.429 e. The van der Waals surface area contributed by atoms with E-state index in [1.807, 2.05) is 0 Å². The Kier molecular flexibility index (Phi) is 4.83. The second kappa shape index (κ2) is 6.88. The van der Waals surface area contributed by atoms with E-state index in [0.717, 1.165) is 37.3 Å². The molecule has 1 fully saturated rings. The summed E-state index contributed by atoms with van der Waals surface area (Å²) in [6.07, 6.45) is 0.460. The van der Waals surface area contributed by atoms with Crippen LogP contribution in [0.25, 0.3) is 0 Å². The van der Waals surface area contributed by atoms with Gasteiger partial charge in [0.15, 0.2) is 0 Å². The monoisotopic (exact) mass is 334 g/mol. The molecule has 0 aliphatic heterocycles. The topological polar surface area (TPSA) is 9.23 Å². The van der Waals surface area contributed by atoms with Gasteiger partial charge in [0, 0.05) is 0 Å². The second-order valence-electron chi connectivity index (χ2n) is 6.63. The van der Waals surface area contributed by atoms with Crippen LogP contribution >= 0.6 is 0 Å². The lowest BCUT2D eigenvalue weighted by Gasteiger charge is -2.27. The Morgan fingerprint density at radius 2 is 1.62 bits per heavy atom. The van der Waals surface area contributed by atoms with Crippen molar-refractivity contribution in [2.75, 3.05) is 0 Å². The molecule has 0 N–H and O–H groups in total. The number of halogens is 3. The molecule has 0 radical (unpaired) electrons. The first-order valence-electron chi connectivity index (χ1n) is 8.37. The fourth-order valence-corrected chi connectivity index (χ4v) is 3.31. The van der Waals surface area contributed by atoms with Crippen molar-refractivity contribution in [3.05, 3.63) is 65.5 Å². The van der Waals surface area contributed by atoms with E-state index < -0.39 is 17.5 Å². The third-order valence-corrected chi connectivity index (χ3v) is 4.78.